The molecule has 9 heteroatoms. The lowest BCUT2D eigenvalue weighted by Crippen LogP contribution is -2.48. The van der Waals surface area contributed by atoms with E-state index < -0.39 is 4.92 Å². The largest absolute Gasteiger partial charge is 0.353 e. The fraction of sp³-hybridized carbons (Fsp3) is 0.211. The van der Waals surface area contributed by atoms with Crippen molar-refractivity contribution < 1.29 is 14.5 Å². The summed E-state index contributed by atoms with van der Waals surface area (Å²) in [5.74, 6) is 0.190. The molecule has 0 saturated carbocycles. The van der Waals surface area contributed by atoms with Crippen LogP contribution in [-0.4, -0.2) is 52.7 Å². The van der Waals surface area contributed by atoms with E-state index in [0.29, 0.717) is 37.6 Å². The van der Waals surface area contributed by atoms with Gasteiger partial charge in [-0.05, 0) is 36.4 Å². The summed E-state index contributed by atoms with van der Waals surface area (Å²) in [7, 11) is 0. The molecule has 1 aromatic carbocycles. The molecule has 1 saturated heterocycles. The summed E-state index contributed by atoms with van der Waals surface area (Å²) in [5, 5.41) is 10.7. The lowest BCUT2D eigenvalue weighted by Gasteiger charge is -2.34. The molecular formula is C19H17BrN4O4. The molecule has 2 heterocycles. The summed E-state index contributed by atoms with van der Waals surface area (Å²) < 4.78 is 0.879. The number of pyridine rings is 1. The SMILES string of the molecule is O=C(/C=C/C(=O)N1CCN(c2ccc([N+](=O)[O-])cn2)CC1)c1ccc(Br)cc1. The third kappa shape index (κ3) is 4.80. The molecule has 1 aliphatic heterocycles. The molecule has 8 nitrogen and oxygen atoms in total. The molecule has 1 fully saturated rings. The lowest BCUT2D eigenvalue weighted by atomic mass is 10.1. The maximum absolute atomic E-state index is 12.3. The summed E-state index contributed by atoms with van der Waals surface area (Å²) in [6, 6.07) is 9.94. The van der Waals surface area contributed by atoms with Gasteiger partial charge in [0.05, 0.1) is 4.92 Å². The van der Waals surface area contributed by atoms with Crippen LogP contribution in [0.5, 0.6) is 0 Å². The van der Waals surface area contributed by atoms with Crippen LogP contribution in [0.25, 0.3) is 0 Å². The van der Waals surface area contributed by atoms with Gasteiger partial charge < -0.3 is 9.80 Å². The zero-order valence-electron chi connectivity index (χ0n) is 14.8. The average molecular weight is 445 g/mol. The number of carbonyl (C=O) groups excluding carboxylic acids is 2. The second-order valence-corrected chi connectivity index (χ2v) is 7.06. The Morgan fingerprint density at radius 3 is 2.29 bits per heavy atom. The van der Waals surface area contributed by atoms with Crippen LogP contribution in [0.1, 0.15) is 10.4 Å². The minimum absolute atomic E-state index is 0.0573. The predicted molar refractivity (Wildman–Crippen MR) is 107 cm³/mol. The lowest BCUT2D eigenvalue weighted by molar-refractivity contribution is -0.385. The number of amides is 1. The fourth-order valence-electron chi connectivity index (χ4n) is 2.79. The number of piperazine rings is 1. The van der Waals surface area contributed by atoms with Gasteiger partial charge in [-0.2, -0.15) is 0 Å². The Balaban J connectivity index is 1.54. The van der Waals surface area contributed by atoms with E-state index in [9.17, 15) is 19.7 Å². The molecule has 1 aliphatic rings. The number of nitro groups is 1. The van der Waals surface area contributed by atoms with Crippen molar-refractivity contribution in [1.29, 1.82) is 0 Å². The van der Waals surface area contributed by atoms with Gasteiger partial charge in [0.25, 0.3) is 5.69 Å². The van der Waals surface area contributed by atoms with Crippen LogP contribution < -0.4 is 4.90 Å². The van der Waals surface area contributed by atoms with E-state index in [1.807, 2.05) is 4.90 Å². The molecule has 3 rings (SSSR count). The average Bonchev–Trinajstić information content (AvgIpc) is 2.72. The van der Waals surface area contributed by atoms with Crippen LogP contribution in [0.2, 0.25) is 0 Å². The first-order valence-electron chi connectivity index (χ1n) is 8.56. The minimum Gasteiger partial charge on any atom is -0.353 e. The molecule has 144 valence electrons. The van der Waals surface area contributed by atoms with Gasteiger partial charge in [-0.25, -0.2) is 4.98 Å². The van der Waals surface area contributed by atoms with Crippen molar-refractivity contribution in [3.8, 4) is 0 Å². The maximum atomic E-state index is 12.3. The van der Waals surface area contributed by atoms with Gasteiger partial charge in [-0.1, -0.05) is 15.9 Å². The van der Waals surface area contributed by atoms with Crippen LogP contribution in [0.4, 0.5) is 11.5 Å². The maximum Gasteiger partial charge on any atom is 0.287 e. The summed E-state index contributed by atoms with van der Waals surface area (Å²) in [5.41, 5.74) is 0.458. The molecule has 0 unspecified atom stereocenters. The topological polar surface area (TPSA) is 96.7 Å². The zero-order valence-corrected chi connectivity index (χ0v) is 16.4. The summed E-state index contributed by atoms with van der Waals surface area (Å²) in [6.07, 6.45) is 3.81. The zero-order chi connectivity index (χ0) is 20.1. The Morgan fingerprint density at radius 2 is 1.71 bits per heavy atom. The number of halogens is 1. The van der Waals surface area contributed by atoms with Crippen molar-refractivity contribution in [1.82, 2.24) is 9.88 Å². The van der Waals surface area contributed by atoms with Gasteiger partial charge in [0.15, 0.2) is 5.78 Å². The van der Waals surface area contributed by atoms with Crippen molar-refractivity contribution in [3.63, 3.8) is 0 Å². The number of rotatable bonds is 5. The first-order valence-corrected chi connectivity index (χ1v) is 9.35. The molecule has 0 bridgehead atoms. The number of hydrogen-bond donors (Lipinski definition) is 0. The van der Waals surface area contributed by atoms with Crippen LogP contribution in [-0.2, 0) is 4.79 Å². The molecular weight excluding hydrogens is 428 g/mol. The second kappa shape index (κ2) is 8.75. The molecule has 0 atom stereocenters. The van der Waals surface area contributed by atoms with Gasteiger partial charge in [0, 0.05) is 48.4 Å². The molecule has 1 amide bonds. The highest BCUT2D eigenvalue weighted by atomic mass is 79.9. The van der Waals surface area contributed by atoms with Crippen LogP contribution in [0, 0.1) is 10.1 Å². The van der Waals surface area contributed by atoms with Gasteiger partial charge >= 0.3 is 0 Å². The number of aromatic nitrogens is 1. The first kappa shape index (κ1) is 19.7. The van der Waals surface area contributed by atoms with Crippen molar-refractivity contribution in [2.75, 3.05) is 31.1 Å². The molecule has 2 aromatic rings. The summed E-state index contributed by atoms with van der Waals surface area (Å²) in [4.78, 5) is 42.4. The standard InChI is InChI=1S/C19H17BrN4O4/c20-15-3-1-14(2-4-15)17(25)6-8-19(26)23-11-9-22(10-12-23)18-7-5-16(13-21-18)24(27)28/h1-8,13H,9-12H2/b8-6+. The van der Waals surface area contributed by atoms with Crippen molar-refractivity contribution in [2.45, 2.75) is 0 Å². The number of ketones is 1. The van der Waals surface area contributed by atoms with Crippen LogP contribution in [0.15, 0.2) is 59.2 Å². The number of anilines is 1. The predicted octanol–water partition coefficient (Wildman–Crippen LogP) is 2.84. The highest BCUT2D eigenvalue weighted by Crippen LogP contribution is 2.17. The Morgan fingerprint density at radius 1 is 1.04 bits per heavy atom. The van der Waals surface area contributed by atoms with Crippen LogP contribution in [0.3, 0.4) is 0 Å². The van der Waals surface area contributed by atoms with Gasteiger partial charge in [-0.3, -0.25) is 19.7 Å². The number of nitrogens with zero attached hydrogens (tertiary/aromatic N) is 4. The highest BCUT2D eigenvalue weighted by molar-refractivity contribution is 9.10. The van der Waals surface area contributed by atoms with Gasteiger partial charge in [0.1, 0.15) is 12.0 Å². The smallest absolute Gasteiger partial charge is 0.287 e. The summed E-state index contributed by atoms with van der Waals surface area (Å²) >= 11 is 3.31. The van der Waals surface area contributed by atoms with Gasteiger partial charge in [-0.15, -0.1) is 0 Å². The third-order valence-corrected chi connectivity index (χ3v) is 4.89. The fourth-order valence-corrected chi connectivity index (χ4v) is 3.06. The van der Waals surface area contributed by atoms with E-state index in [0.717, 1.165) is 4.47 Å². The molecule has 1 aromatic heterocycles. The van der Waals surface area contributed by atoms with E-state index >= 15 is 0 Å². The normalized spacial score (nSPS) is 14.3. The summed E-state index contributed by atoms with van der Waals surface area (Å²) in [6.45, 7) is 2.08. The van der Waals surface area contributed by atoms with Gasteiger partial charge in [0.2, 0.25) is 5.91 Å². The Labute approximate surface area is 169 Å². The second-order valence-electron chi connectivity index (χ2n) is 6.15. The monoisotopic (exact) mass is 444 g/mol. The van der Waals surface area contributed by atoms with Crippen molar-refractivity contribution in [2.24, 2.45) is 0 Å². The molecule has 0 spiro atoms. The number of benzene rings is 1. The van der Waals surface area contributed by atoms with Crippen molar-refractivity contribution >= 4 is 39.1 Å². The Bertz CT molecular complexity index is 905. The first-order chi connectivity index (χ1) is 13.4. The number of carbonyl (C=O) groups is 2. The van der Waals surface area contributed by atoms with E-state index in [1.165, 1.54) is 24.4 Å². The highest BCUT2D eigenvalue weighted by Gasteiger charge is 2.21. The molecule has 0 N–H and O–H groups in total. The van der Waals surface area contributed by atoms with E-state index in [1.54, 1.807) is 35.2 Å². The number of allylic oxidation sites excluding steroid dienone is 1. The Kier molecular flexibility index (Phi) is 6.15. The van der Waals surface area contributed by atoms with Crippen LogP contribution >= 0.6 is 15.9 Å². The van der Waals surface area contributed by atoms with Crippen molar-refractivity contribution in [3.05, 3.63) is 74.9 Å². The molecule has 28 heavy (non-hydrogen) atoms. The molecule has 0 aliphatic carbocycles. The minimum atomic E-state index is -0.491. The van der Waals surface area contributed by atoms with E-state index in [4.69, 9.17) is 0 Å². The third-order valence-electron chi connectivity index (χ3n) is 4.36. The Hall–Kier alpha value is -3.07. The van der Waals surface area contributed by atoms with E-state index in [2.05, 4.69) is 20.9 Å². The quantitative estimate of drug-likeness (QED) is 0.304. The number of hydrogen-bond acceptors (Lipinski definition) is 6. The van der Waals surface area contributed by atoms with E-state index in [-0.39, 0.29) is 17.4 Å². The molecule has 0 radical (unpaired) electrons.